The number of carbonyl (C=O) groups excluding carboxylic acids is 1. The van der Waals surface area contributed by atoms with E-state index >= 15 is 0 Å². The van der Waals surface area contributed by atoms with E-state index in [9.17, 15) is 9.18 Å². The van der Waals surface area contributed by atoms with Gasteiger partial charge < -0.3 is 15.6 Å². The Labute approximate surface area is 146 Å². The minimum absolute atomic E-state index is 0.266. The summed E-state index contributed by atoms with van der Waals surface area (Å²) in [7, 11) is 1.85. The molecular formula is C18H24FN5O. The van der Waals surface area contributed by atoms with E-state index in [1.807, 2.05) is 14.0 Å². The van der Waals surface area contributed by atoms with Crippen molar-refractivity contribution in [1.29, 1.82) is 5.41 Å². The van der Waals surface area contributed by atoms with Crippen molar-refractivity contribution in [2.75, 3.05) is 13.6 Å². The lowest BCUT2D eigenvalue weighted by molar-refractivity contribution is 0.112. The van der Waals surface area contributed by atoms with E-state index in [-0.39, 0.29) is 11.3 Å². The van der Waals surface area contributed by atoms with E-state index in [1.54, 1.807) is 35.0 Å². The first-order valence-electron chi connectivity index (χ1n) is 7.94. The van der Waals surface area contributed by atoms with Gasteiger partial charge in [-0.2, -0.15) is 0 Å². The van der Waals surface area contributed by atoms with Crippen LogP contribution in [0.4, 0.5) is 10.1 Å². The number of nitrogens with one attached hydrogen (secondary N) is 2. The minimum Gasteiger partial charge on any atom is -0.387 e. The van der Waals surface area contributed by atoms with Crippen LogP contribution in [0.2, 0.25) is 0 Å². The number of hydrogen-bond acceptors (Lipinski definition) is 4. The first-order chi connectivity index (χ1) is 12.0. The summed E-state index contributed by atoms with van der Waals surface area (Å²) in [6.07, 6.45) is 3.18. The molecule has 1 heterocycles. The Morgan fingerprint density at radius 3 is 2.60 bits per heavy atom. The van der Waals surface area contributed by atoms with Gasteiger partial charge in [0, 0.05) is 25.7 Å². The number of pyridine rings is 1. The Morgan fingerprint density at radius 2 is 2.04 bits per heavy atom. The van der Waals surface area contributed by atoms with Crippen LogP contribution in [-0.4, -0.2) is 30.3 Å². The van der Waals surface area contributed by atoms with Gasteiger partial charge in [0.05, 0.1) is 11.3 Å². The SMILES string of the molecule is CCn1cccc(C=O)c1=N.CNCCC(N)=Nc1ccc(F)cc1. The zero-order chi connectivity index (χ0) is 18.7. The van der Waals surface area contributed by atoms with Gasteiger partial charge in [0.1, 0.15) is 17.1 Å². The minimum atomic E-state index is -0.266. The summed E-state index contributed by atoms with van der Waals surface area (Å²) >= 11 is 0. The lowest BCUT2D eigenvalue weighted by Crippen LogP contribution is -2.21. The number of aromatic nitrogens is 1. The van der Waals surface area contributed by atoms with Gasteiger partial charge in [-0.05, 0) is 50.4 Å². The van der Waals surface area contributed by atoms with Crippen molar-refractivity contribution in [3.8, 4) is 0 Å². The van der Waals surface area contributed by atoms with Crippen LogP contribution in [0.1, 0.15) is 23.7 Å². The Morgan fingerprint density at radius 1 is 1.36 bits per heavy atom. The predicted molar refractivity (Wildman–Crippen MR) is 97.6 cm³/mol. The van der Waals surface area contributed by atoms with E-state index in [0.717, 1.165) is 13.1 Å². The number of carbonyl (C=O) groups is 1. The average Bonchev–Trinajstić information content (AvgIpc) is 2.62. The summed E-state index contributed by atoms with van der Waals surface area (Å²) in [6, 6.07) is 9.34. The standard InChI is InChI=1S/C10H14FN3.C8H10N2O/c1-13-7-6-10(12)14-9-4-2-8(11)3-5-9;1-2-10-5-3-4-7(6-11)8(10)9/h2-5,13H,6-7H2,1H3,(H2,12,14);3-6,9H,2H2,1H3. The molecule has 7 heteroatoms. The molecule has 0 unspecified atom stereocenters. The number of hydrogen-bond donors (Lipinski definition) is 3. The van der Waals surface area contributed by atoms with Gasteiger partial charge >= 0.3 is 0 Å². The second-order valence-electron chi connectivity index (χ2n) is 5.15. The summed E-state index contributed by atoms with van der Waals surface area (Å²) in [4.78, 5) is 14.5. The Balaban J connectivity index is 0.000000257. The molecule has 25 heavy (non-hydrogen) atoms. The third-order valence-corrected chi connectivity index (χ3v) is 3.30. The molecule has 134 valence electrons. The summed E-state index contributed by atoms with van der Waals surface area (Å²) in [5, 5.41) is 10.5. The van der Waals surface area contributed by atoms with E-state index < -0.39 is 0 Å². The number of nitrogens with zero attached hydrogens (tertiary/aromatic N) is 2. The third-order valence-electron chi connectivity index (χ3n) is 3.30. The quantitative estimate of drug-likeness (QED) is 0.425. The molecule has 0 aliphatic carbocycles. The van der Waals surface area contributed by atoms with Gasteiger partial charge in [0.25, 0.3) is 0 Å². The van der Waals surface area contributed by atoms with E-state index in [0.29, 0.717) is 29.8 Å². The second kappa shape index (κ2) is 10.9. The Bertz CT molecular complexity index is 753. The highest BCUT2D eigenvalue weighted by Gasteiger charge is 1.95. The number of aldehydes is 1. The number of amidine groups is 1. The summed E-state index contributed by atoms with van der Waals surface area (Å²) < 4.78 is 14.2. The predicted octanol–water partition coefficient (Wildman–Crippen LogP) is 2.22. The topological polar surface area (TPSA) is 96.3 Å². The molecule has 0 fully saturated rings. The molecule has 6 nitrogen and oxygen atoms in total. The molecule has 1 aromatic carbocycles. The van der Waals surface area contributed by atoms with E-state index in [4.69, 9.17) is 11.1 Å². The summed E-state index contributed by atoms with van der Waals surface area (Å²) in [5.74, 6) is 0.281. The zero-order valence-electron chi connectivity index (χ0n) is 14.5. The highest BCUT2D eigenvalue weighted by molar-refractivity contribution is 5.83. The van der Waals surface area contributed by atoms with Crippen molar-refractivity contribution in [3.63, 3.8) is 0 Å². The molecule has 2 rings (SSSR count). The third kappa shape index (κ3) is 7.09. The zero-order valence-corrected chi connectivity index (χ0v) is 14.5. The first kappa shape index (κ1) is 20.2. The number of aliphatic imine (C=N–C) groups is 1. The second-order valence-corrected chi connectivity index (χ2v) is 5.15. The molecule has 1 aromatic heterocycles. The van der Waals surface area contributed by atoms with Crippen LogP contribution in [-0.2, 0) is 6.54 Å². The van der Waals surface area contributed by atoms with Crippen LogP contribution in [0, 0.1) is 11.2 Å². The maximum absolute atomic E-state index is 12.5. The summed E-state index contributed by atoms with van der Waals surface area (Å²) in [5.41, 5.74) is 7.05. The van der Waals surface area contributed by atoms with Crippen molar-refractivity contribution in [2.45, 2.75) is 19.9 Å². The lowest BCUT2D eigenvalue weighted by Gasteiger charge is -2.02. The number of halogens is 1. The molecule has 0 saturated heterocycles. The molecule has 0 atom stereocenters. The molecule has 0 spiro atoms. The van der Waals surface area contributed by atoms with Crippen LogP contribution in [0.15, 0.2) is 47.6 Å². The summed E-state index contributed by atoms with van der Waals surface area (Å²) in [6.45, 7) is 3.45. The monoisotopic (exact) mass is 345 g/mol. The highest BCUT2D eigenvalue weighted by atomic mass is 19.1. The molecule has 4 N–H and O–H groups in total. The number of aryl methyl sites for hydroxylation is 1. The fourth-order valence-electron chi connectivity index (χ4n) is 1.92. The molecule has 0 saturated carbocycles. The molecule has 0 radical (unpaired) electrons. The van der Waals surface area contributed by atoms with E-state index in [2.05, 4.69) is 10.3 Å². The van der Waals surface area contributed by atoms with Gasteiger partial charge in [0.2, 0.25) is 0 Å². The van der Waals surface area contributed by atoms with Gasteiger partial charge in [-0.3, -0.25) is 10.2 Å². The fraction of sp³-hybridized carbons (Fsp3) is 0.278. The van der Waals surface area contributed by atoms with Gasteiger partial charge in [-0.25, -0.2) is 9.38 Å². The van der Waals surface area contributed by atoms with Crippen LogP contribution in [0.5, 0.6) is 0 Å². The lowest BCUT2D eigenvalue weighted by atomic mass is 10.3. The van der Waals surface area contributed by atoms with Crippen LogP contribution in [0.25, 0.3) is 0 Å². The maximum Gasteiger partial charge on any atom is 0.153 e. The van der Waals surface area contributed by atoms with Gasteiger partial charge in [0.15, 0.2) is 6.29 Å². The first-order valence-corrected chi connectivity index (χ1v) is 7.94. The number of nitrogens with two attached hydrogens (primary N) is 1. The van der Waals surface area contributed by atoms with Crippen LogP contribution in [0.3, 0.4) is 0 Å². The van der Waals surface area contributed by atoms with Crippen molar-refractivity contribution < 1.29 is 9.18 Å². The fourth-order valence-corrected chi connectivity index (χ4v) is 1.92. The molecule has 0 amide bonds. The van der Waals surface area contributed by atoms with Gasteiger partial charge in [-0.1, -0.05) is 0 Å². The molecule has 0 aliphatic rings. The normalized spacial score (nSPS) is 10.8. The molecule has 0 bridgehead atoms. The number of benzene rings is 1. The Hall–Kier alpha value is -2.80. The number of rotatable bonds is 6. The smallest absolute Gasteiger partial charge is 0.153 e. The van der Waals surface area contributed by atoms with E-state index in [1.165, 1.54) is 12.1 Å². The molecular weight excluding hydrogens is 321 g/mol. The maximum atomic E-state index is 12.5. The van der Waals surface area contributed by atoms with Crippen molar-refractivity contribution >= 4 is 17.8 Å². The molecule has 0 aliphatic heterocycles. The largest absolute Gasteiger partial charge is 0.387 e. The van der Waals surface area contributed by atoms with Crippen molar-refractivity contribution in [3.05, 3.63) is 59.5 Å². The highest BCUT2D eigenvalue weighted by Crippen LogP contribution is 2.11. The Kier molecular flexibility index (Phi) is 8.81. The van der Waals surface area contributed by atoms with Crippen molar-refractivity contribution in [1.82, 2.24) is 9.88 Å². The van der Waals surface area contributed by atoms with Gasteiger partial charge in [-0.15, -0.1) is 0 Å². The van der Waals surface area contributed by atoms with Crippen LogP contribution >= 0.6 is 0 Å². The average molecular weight is 345 g/mol. The van der Waals surface area contributed by atoms with Crippen molar-refractivity contribution in [2.24, 2.45) is 10.7 Å². The van der Waals surface area contributed by atoms with Crippen LogP contribution < -0.4 is 16.5 Å². The molecule has 2 aromatic rings.